The van der Waals surface area contributed by atoms with E-state index in [2.05, 4.69) is 63.8 Å². The van der Waals surface area contributed by atoms with Gasteiger partial charge in [-0.1, -0.05) is 0 Å². The lowest BCUT2D eigenvalue weighted by Crippen LogP contribution is -2.54. The van der Waals surface area contributed by atoms with E-state index in [9.17, 15) is 0 Å². The van der Waals surface area contributed by atoms with Crippen LogP contribution in [0.15, 0.2) is 24.4 Å². The van der Waals surface area contributed by atoms with Crippen molar-refractivity contribution in [2.75, 3.05) is 18.0 Å². The van der Waals surface area contributed by atoms with Gasteiger partial charge in [-0.3, -0.25) is 4.98 Å². The highest BCUT2D eigenvalue weighted by Crippen LogP contribution is 2.19. The molecular weight excluding hydrogens is 351 g/mol. The van der Waals surface area contributed by atoms with Gasteiger partial charge in [-0.15, -0.1) is 0 Å². The first-order chi connectivity index (χ1) is 9.11. The van der Waals surface area contributed by atoms with Gasteiger partial charge in [-0.25, -0.2) is 4.98 Å². The third-order valence-electron chi connectivity index (χ3n) is 3.37. The van der Waals surface area contributed by atoms with Crippen LogP contribution in [0.2, 0.25) is 0 Å². The van der Waals surface area contributed by atoms with E-state index in [1.165, 1.54) is 3.57 Å². The molecule has 0 bridgehead atoms. The SMILES string of the molecule is CC1CN(c2cnc3cc(I)ccc3n2)CC(C)N1. The Kier molecular flexibility index (Phi) is 3.58. The number of anilines is 1. The van der Waals surface area contributed by atoms with E-state index in [-0.39, 0.29) is 0 Å². The van der Waals surface area contributed by atoms with E-state index >= 15 is 0 Å². The molecule has 4 nitrogen and oxygen atoms in total. The van der Waals surface area contributed by atoms with Gasteiger partial charge in [0.2, 0.25) is 0 Å². The van der Waals surface area contributed by atoms with Gasteiger partial charge in [0.15, 0.2) is 0 Å². The van der Waals surface area contributed by atoms with Gasteiger partial charge in [-0.05, 0) is 54.6 Å². The van der Waals surface area contributed by atoms with Crippen molar-refractivity contribution in [1.82, 2.24) is 15.3 Å². The maximum atomic E-state index is 4.74. The Hall–Kier alpha value is -0.950. The Bertz CT molecular complexity index is 591. The van der Waals surface area contributed by atoms with Gasteiger partial charge in [0.1, 0.15) is 5.82 Å². The summed E-state index contributed by atoms with van der Waals surface area (Å²) in [5.41, 5.74) is 1.93. The minimum absolute atomic E-state index is 0.484. The highest BCUT2D eigenvalue weighted by atomic mass is 127. The molecule has 1 saturated heterocycles. The number of hydrogen-bond donors (Lipinski definition) is 1. The van der Waals surface area contributed by atoms with Crippen molar-refractivity contribution in [3.63, 3.8) is 0 Å². The second-order valence-corrected chi connectivity index (χ2v) is 6.48. The van der Waals surface area contributed by atoms with Crippen molar-refractivity contribution in [3.05, 3.63) is 28.0 Å². The summed E-state index contributed by atoms with van der Waals surface area (Å²) in [6.45, 7) is 6.38. The van der Waals surface area contributed by atoms with Gasteiger partial charge in [0.05, 0.1) is 17.2 Å². The molecule has 19 heavy (non-hydrogen) atoms. The zero-order valence-corrected chi connectivity index (χ0v) is 13.3. The Labute approximate surface area is 126 Å². The van der Waals surface area contributed by atoms with Crippen LogP contribution in [0.5, 0.6) is 0 Å². The number of nitrogens with one attached hydrogen (secondary N) is 1. The normalized spacial score (nSPS) is 23.8. The van der Waals surface area contributed by atoms with E-state index in [0.29, 0.717) is 12.1 Å². The largest absolute Gasteiger partial charge is 0.352 e. The van der Waals surface area contributed by atoms with Crippen LogP contribution in [-0.2, 0) is 0 Å². The third kappa shape index (κ3) is 2.81. The highest BCUT2D eigenvalue weighted by Gasteiger charge is 2.22. The molecule has 1 fully saturated rings. The predicted octanol–water partition coefficient (Wildman–Crippen LogP) is 2.42. The fourth-order valence-electron chi connectivity index (χ4n) is 2.64. The van der Waals surface area contributed by atoms with Gasteiger partial charge in [0.25, 0.3) is 0 Å². The maximum absolute atomic E-state index is 4.74. The van der Waals surface area contributed by atoms with Crippen molar-refractivity contribution >= 4 is 39.4 Å². The van der Waals surface area contributed by atoms with Crippen LogP contribution in [0.3, 0.4) is 0 Å². The molecule has 2 atom stereocenters. The molecule has 2 heterocycles. The molecule has 0 saturated carbocycles. The third-order valence-corrected chi connectivity index (χ3v) is 4.04. The number of aromatic nitrogens is 2. The quantitative estimate of drug-likeness (QED) is 0.786. The summed E-state index contributed by atoms with van der Waals surface area (Å²) < 4.78 is 1.19. The summed E-state index contributed by atoms with van der Waals surface area (Å²) >= 11 is 2.30. The predicted molar refractivity (Wildman–Crippen MR) is 86.5 cm³/mol. The number of nitrogens with zero attached hydrogens (tertiary/aromatic N) is 3. The Morgan fingerprint density at radius 1 is 1.21 bits per heavy atom. The molecule has 0 amide bonds. The van der Waals surface area contributed by atoms with Crippen LogP contribution in [0.25, 0.3) is 11.0 Å². The zero-order valence-electron chi connectivity index (χ0n) is 11.1. The fourth-order valence-corrected chi connectivity index (χ4v) is 3.12. The van der Waals surface area contributed by atoms with Gasteiger partial charge in [-0.2, -0.15) is 0 Å². The first-order valence-corrected chi connectivity index (χ1v) is 7.63. The minimum atomic E-state index is 0.484. The number of rotatable bonds is 1. The molecule has 2 aromatic rings. The first kappa shape index (κ1) is 13.1. The van der Waals surface area contributed by atoms with Crippen molar-refractivity contribution in [2.45, 2.75) is 25.9 Å². The van der Waals surface area contributed by atoms with Crippen molar-refractivity contribution in [3.8, 4) is 0 Å². The van der Waals surface area contributed by atoms with E-state index < -0.39 is 0 Å². The first-order valence-electron chi connectivity index (χ1n) is 6.55. The Morgan fingerprint density at radius 2 is 1.95 bits per heavy atom. The van der Waals surface area contributed by atoms with Gasteiger partial charge in [0, 0.05) is 28.7 Å². The highest BCUT2D eigenvalue weighted by molar-refractivity contribution is 14.1. The molecule has 1 aromatic heterocycles. The molecule has 3 rings (SSSR count). The molecule has 0 aliphatic carbocycles. The zero-order chi connectivity index (χ0) is 13.4. The molecule has 0 radical (unpaired) electrons. The molecule has 0 spiro atoms. The summed E-state index contributed by atoms with van der Waals surface area (Å²) in [6.07, 6.45) is 1.89. The summed E-state index contributed by atoms with van der Waals surface area (Å²) in [5.74, 6) is 0.980. The average Bonchev–Trinajstić information content (AvgIpc) is 2.37. The lowest BCUT2D eigenvalue weighted by molar-refractivity contribution is 0.405. The van der Waals surface area contributed by atoms with Crippen molar-refractivity contribution < 1.29 is 0 Å². The number of hydrogen-bond acceptors (Lipinski definition) is 4. The van der Waals surface area contributed by atoms with E-state index in [1.807, 2.05) is 12.3 Å². The average molecular weight is 368 g/mol. The molecule has 2 unspecified atom stereocenters. The van der Waals surface area contributed by atoms with Crippen LogP contribution in [0.4, 0.5) is 5.82 Å². The van der Waals surface area contributed by atoms with Crippen molar-refractivity contribution in [2.24, 2.45) is 0 Å². The molecule has 100 valence electrons. The Balaban J connectivity index is 1.94. The van der Waals surface area contributed by atoms with Crippen LogP contribution >= 0.6 is 22.6 Å². The summed E-state index contributed by atoms with van der Waals surface area (Å²) in [5, 5.41) is 3.53. The summed E-state index contributed by atoms with van der Waals surface area (Å²) in [4.78, 5) is 11.6. The summed E-state index contributed by atoms with van der Waals surface area (Å²) in [7, 11) is 0. The van der Waals surface area contributed by atoms with E-state index in [4.69, 9.17) is 4.98 Å². The topological polar surface area (TPSA) is 41.1 Å². The standard InChI is InChI=1S/C14H17IN4/c1-9-7-19(8-10(2)17-9)14-6-16-13-5-11(15)3-4-12(13)18-14/h3-6,9-10,17H,7-8H2,1-2H3. The lowest BCUT2D eigenvalue weighted by Gasteiger charge is -2.36. The molecule has 1 aromatic carbocycles. The van der Waals surface area contributed by atoms with Crippen molar-refractivity contribution in [1.29, 1.82) is 0 Å². The molecule has 1 aliphatic heterocycles. The lowest BCUT2D eigenvalue weighted by atomic mass is 10.1. The molecular formula is C14H17IN4. The monoisotopic (exact) mass is 368 g/mol. The Morgan fingerprint density at radius 3 is 2.68 bits per heavy atom. The van der Waals surface area contributed by atoms with Crippen LogP contribution < -0.4 is 10.2 Å². The molecule has 5 heteroatoms. The number of benzene rings is 1. The number of fused-ring (bicyclic) bond motifs is 1. The number of halogens is 1. The van der Waals surface area contributed by atoms with Gasteiger partial charge < -0.3 is 10.2 Å². The second kappa shape index (κ2) is 5.20. The molecule has 1 N–H and O–H groups in total. The van der Waals surface area contributed by atoms with E-state index in [1.54, 1.807) is 0 Å². The van der Waals surface area contributed by atoms with Crippen LogP contribution in [-0.4, -0.2) is 35.1 Å². The fraction of sp³-hybridized carbons (Fsp3) is 0.429. The molecule has 1 aliphatic rings. The van der Waals surface area contributed by atoms with E-state index in [0.717, 1.165) is 29.9 Å². The number of piperazine rings is 1. The summed E-state index contributed by atoms with van der Waals surface area (Å²) in [6, 6.07) is 7.15. The maximum Gasteiger partial charge on any atom is 0.147 e. The smallest absolute Gasteiger partial charge is 0.147 e. The van der Waals surface area contributed by atoms with Crippen LogP contribution in [0, 0.1) is 3.57 Å². The van der Waals surface area contributed by atoms with Gasteiger partial charge >= 0.3 is 0 Å². The van der Waals surface area contributed by atoms with Crippen LogP contribution in [0.1, 0.15) is 13.8 Å². The minimum Gasteiger partial charge on any atom is -0.352 e. The second-order valence-electron chi connectivity index (χ2n) is 5.23.